The zero-order chi connectivity index (χ0) is 13.4. The summed E-state index contributed by atoms with van der Waals surface area (Å²) in [6.45, 7) is 5.47. The first kappa shape index (κ1) is 13.8. The van der Waals surface area contributed by atoms with Crippen LogP contribution >= 0.6 is 12.2 Å². The van der Waals surface area contributed by atoms with Crippen LogP contribution in [0.15, 0.2) is 0 Å². The second-order valence-corrected chi connectivity index (χ2v) is 6.97. The SMILES string of the molecule is CC(C)(C(=O)N1CCC2(CCCCC2)C1)C(N)=S. The van der Waals surface area contributed by atoms with E-state index in [-0.39, 0.29) is 5.91 Å². The number of rotatable bonds is 2. The van der Waals surface area contributed by atoms with E-state index in [0.29, 0.717) is 10.4 Å². The predicted octanol–water partition coefficient (Wildman–Crippen LogP) is 2.48. The lowest BCUT2D eigenvalue weighted by Gasteiger charge is -2.34. The van der Waals surface area contributed by atoms with Gasteiger partial charge in [-0.15, -0.1) is 0 Å². The average Bonchev–Trinajstić information content (AvgIpc) is 2.72. The first-order chi connectivity index (χ1) is 8.37. The van der Waals surface area contributed by atoms with Crippen molar-refractivity contribution in [2.45, 2.75) is 52.4 Å². The molecule has 2 rings (SSSR count). The summed E-state index contributed by atoms with van der Waals surface area (Å²) in [5.74, 6) is 0.109. The third kappa shape index (κ3) is 2.40. The molecule has 0 aromatic rings. The summed E-state index contributed by atoms with van der Waals surface area (Å²) < 4.78 is 0. The van der Waals surface area contributed by atoms with Gasteiger partial charge < -0.3 is 10.6 Å². The van der Waals surface area contributed by atoms with Crippen molar-refractivity contribution < 1.29 is 4.79 Å². The Hall–Kier alpha value is -0.640. The van der Waals surface area contributed by atoms with Crippen LogP contribution in [0.3, 0.4) is 0 Å². The molecule has 2 N–H and O–H groups in total. The van der Waals surface area contributed by atoms with Crippen molar-refractivity contribution in [2.75, 3.05) is 13.1 Å². The van der Waals surface area contributed by atoms with Gasteiger partial charge in [0.05, 0.1) is 10.4 Å². The molecule has 102 valence electrons. The summed E-state index contributed by atoms with van der Waals surface area (Å²) in [6.07, 6.45) is 7.72. The van der Waals surface area contributed by atoms with Gasteiger partial charge in [-0.3, -0.25) is 4.79 Å². The van der Waals surface area contributed by atoms with E-state index in [1.54, 1.807) is 0 Å². The van der Waals surface area contributed by atoms with E-state index in [4.69, 9.17) is 18.0 Å². The number of amides is 1. The van der Waals surface area contributed by atoms with Crippen molar-refractivity contribution >= 4 is 23.1 Å². The van der Waals surface area contributed by atoms with Crippen LogP contribution in [0.25, 0.3) is 0 Å². The van der Waals surface area contributed by atoms with Crippen LogP contribution in [0, 0.1) is 10.8 Å². The first-order valence-corrected chi connectivity index (χ1v) is 7.38. The molecular weight excluding hydrogens is 244 g/mol. The fourth-order valence-corrected chi connectivity index (χ4v) is 3.41. The molecule has 1 aliphatic carbocycles. The fourth-order valence-electron chi connectivity index (χ4n) is 3.32. The Kier molecular flexibility index (Phi) is 3.67. The summed E-state index contributed by atoms with van der Waals surface area (Å²) in [5.41, 5.74) is 5.40. The molecule has 3 nitrogen and oxygen atoms in total. The van der Waals surface area contributed by atoms with Crippen molar-refractivity contribution in [3.63, 3.8) is 0 Å². The zero-order valence-corrected chi connectivity index (χ0v) is 12.3. The van der Waals surface area contributed by atoms with E-state index < -0.39 is 5.41 Å². The molecule has 0 unspecified atom stereocenters. The summed E-state index contributed by atoms with van der Waals surface area (Å²) >= 11 is 5.02. The Morgan fingerprint density at radius 3 is 2.39 bits per heavy atom. The number of nitrogens with zero attached hydrogens (tertiary/aromatic N) is 1. The molecule has 1 aliphatic heterocycles. The summed E-state index contributed by atoms with van der Waals surface area (Å²) in [7, 11) is 0. The van der Waals surface area contributed by atoms with Gasteiger partial charge in [0.2, 0.25) is 5.91 Å². The van der Waals surface area contributed by atoms with Gasteiger partial charge in [0.1, 0.15) is 0 Å². The maximum Gasteiger partial charge on any atom is 0.235 e. The number of thiocarbonyl (C=S) groups is 1. The highest BCUT2D eigenvalue weighted by atomic mass is 32.1. The molecule has 4 heteroatoms. The lowest BCUT2D eigenvalue weighted by atomic mass is 9.73. The third-order valence-electron chi connectivity index (χ3n) is 4.79. The second kappa shape index (κ2) is 4.80. The standard InChI is InChI=1S/C14H24N2OS/c1-13(2,11(15)18)12(17)16-9-8-14(10-16)6-4-3-5-7-14/h3-10H2,1-2H3,(H2,15,18). The highest BCUT2D eigenvalue weighted by Crippen LogP contribution is 2.44. The minimum atomic E-state index is -0.699. The van der Waals surface area contributed by atoms with Gasteiger partial charge in [0.25, 0.3) is 0 Å². The van der Waals surface area contributed by atoms with E-state index in [2.05, 4.69) is 0 Å². The lowest BCUT2D eigenvalue weighted by Crippen LogP contribution is -2.47. The topological polar surface area (TPSA) is 46.3 Å². The molecule has 1 spiro atoms. The minimum absolute atomic E-state index is 0.109. The predicted molar refractivity (Wildman–Crippen MR) is 77.3 cm³/mol. The number of nitrogens with two attached hydrogens (primary N) is 1. The Morgan fingerprint density at radius 2 is 1.83 bits per heavy atom. The molecule has 1 amide bonds. The Balaban J connectivity index is 2.04. The average molecular weight is 268 g/mol. The van der Waals surface area contributed by atoms with Crippen LogP contribution in [0.2, 0.25) is 0 Å². The molecular formula is C14H24N2OS. The molecule has 1 heterocycles. The van der Waals surface area contributed by atoms with Gasteiger partial charge in [0.15, 0.2) is 0 Å². The lowest BCUT2D eigenvalue weighted by molar-refractivity contribution is -0.136. The smallest absolute Gasteiger partial charge is 0.235 e. The molecule has 0 atom stereocenters. The van der Waals surface area contributed by atoms with Gasteiger partial charge in [-0.2, -0.15) is 0 Å². The molecule has 2 aliphatic rings. The molecule has 0 radical (unpaired) electrons. The number of hydrogen-bond acceptors (Lipinski definition) is 2. The third-order valence-corrected chi connectivity index (χ3v) is 5.30. The molecule has 18 heavy (non-hydrogen) atoms. The van der Waals surface area contributed by atoms with Gasteiger partial charge in [-0.05, 0) is 38.5 Å². The van der Waals surface area contributed by atoms with E-state index in [0.717, 1.165) is 19.5 Å². The number of carbonyl (C=O) groups excluding carboxylic acids is 1. The quantitative estimate of drug-likeness (QED) is 0.783. The van der Waals surface area contributed by atoms with Crippen LogP contribution in [0.5, 0.6) is 0 Å². The normalized spacial score (nSPS) is 23.3. The summed E-state index contributed by atoms with van der Waals surface area (Å²) in [4.78, 5) is 14.8. The highest BCUT2D eigenvalue weighted by Gasteiger charge is 2.44. The summed E-state index contributed by atoms with van der Waals surface area (Å²) in [5, 5.41) is 0. The molecule has 0 aromatic carbocycles. The van der Waals surface area contributed by atoms with E-state index >= 15 is 0 Å². The van der Waals surface area contributed by atoms with E-state index in [1.807, 2.05) is 18.7 Å². The Bertz CT molecular complexity index is 359. The zero-order valence-electron chi connectivity index (χ0n) is 11.5. The number of likely N-dealkylation sites (tertiary alicyclic amines) is 1. The second-order valence-electron chi connectivity index (χ2n) is 6.53. The minimum Gasteiger partial charge on any atom is -0.392 e. The van der Waals surface area contributed by atoms with Crippen molar-refractivity contribution in [3.8, 4) is 0 Å². The highest BCUT2D eigenvalue weighted by molar-refractivity contribution is 7.80. The molecule has 2 fully saturated rings. The van der Waals surface area contributed by atoms with Crippen molar-refractivity contribution in [1.82, 2.24) is 4.90 Å². The van der Waals surface area contributed by atoms with Gasteiger partial charge in [-0.25, -0.2) is 0 Å². The van der Waals surface area contributed by atoms with Crippen molar-refractivity contribution in [2.24, 2.45) is 16.6 Å². The fraction of sp³-hybridized carbons (Fsp3) is 0.857. The van der Waals surface area contributed by atoms with Gasteiger partial charge in [0, 0.05) is 13.1 Å². The maximum atomic E-state index is 12.5. The number of carbonyl (C=O) groups is 1. The van der Waals surface area contributed by atoms with Crippen molar-refractivity contribution in [3.05, 3.63) is 0 Å². The van der Waals surface area contributed by atoms with Crippen LogP contribution in [0.4, 0.5) is 0 Å². The summed E-state index contributed by atoms with van der Waals surface area (Å²) in [6, 6.07) is 0. The first-order valence-electron chi connectivity index (χ1n) is 6.97. The van der Waals surface area contributed by atoms with E-state index in [1.165, 1.54) is 32.1 Å². The van der Waals surface area contributed by atoms with Crippen LogP contribution in [-0.2, 0) is 4.79 Å². The molecule has 0 bridgehead atoms. The van der Waals surface area contributed by atoms with Gasteiger partial charge >= 0.3 is 0 Å². The van der Waals surface area contributed by atoms with Crippen LogP contribution in [-0.4, -0.2) is 28.9 Å². The van der Waals surface area contributed by atoms with Crippen molar-refractivity contribution in [1.29, 1.82) is 0 Å². The largest absolute Gasteiger partial charge is 0.392 e. The molecule has 1 saturated heterocycles. The van der Waals surface area contributed by atoms with E-state index in [9.17, 15) is 4.79 Å². The maximum absolute atomic E-state index is 12.5. The van der Waals surface area contributed by atoms with Gasteiger partial charge in [-0.1, -0.05) is 31.5 Å². The monoisotopic (exact) mass is 268 g/mol. The molecule has 1 saturated carbocycles. The van der Waals surface area contributed by atoms with Crippen LogP contribution < -0.4 is 5.73 Å². The Labute approximate surface area is 115 Å². The number of hydrogen-bond donors (Lipinski definition) is 1. The van der Waals surface area contributed by atoms with Crippen LogP contribution in [0.1, 0.15) is 52.4 Å². The molecule has 0 aromatic heterocycles. The Morgan fingerprint density at radius 1 is 1.22 bits per heavy atom.